The molecule has 1 aliphatic rings. The maximum absolute atomic E-state index is 13.4. The third-order valence-electron chi connectivity index (χ3n) is 5.44. The van der Waals surface area contributed by atoms with Crippen LogP contribution < -0.4 is 0 Å². The molecule has 0 saturated heterocycles. The Balaban J connectivity index is 1.58. The number of oxazole rings is 1. The topological polar surface area (TPSA) is 87.9 Å². The van der Waals surface area contributed by atoms with E-state index in [0.29, 0.717) is 18.9 Å². The Bertz CT molecular complexity index is 1230. The Morgan fingerprint density at radius 1 is 1.17 bits per heavy atom. The molecule has 1 amide bonds. The summed E-state index contributed by atoms with van der Waals surface area (Å²) < 4.78 is 5.84. The van der Waals surface area contributed by atoms with Crippen LogP contribution in [0.2, 0.25) is 0 Å². The van der Waals surface area contributed by atoms with E-state index in [1.54, 1.807) is 11.2 Å². The number of carbonyl (C=O) groups is 1. The van der Waals surface area contributed by atoms with Gasteiger partial charge in [0.25, 0.3) is 5.91 Å². The van der Waals surface area contributed by atoms with Crippen molar-refractivity contribution in [2.24, 2.45) is 0 Å². The fraction of sp³-hybridized carbons (Fsp3) is 0.304. The average Bonchev–Trinajstić information content (AvgIpc) is 3.41. The number of aromatic amines is 1. The minimum absolute atomic E-state index is 0.202. The highest BCUT2D eigenvalue weighted by Crippen LogP contribution is 2.34. The highest BCUT2D eigenvalue weighted by Gasteiger charge is 2.37. The van der Waals surface area contributed by atoms with Crippen LogP contribution in [0.1, 0.15) is 60.3 Å². The number of pyridine rings is 1. The Morgan fingerprint density at radius 2 is 2.00 bits per heavy atom. The van der Waals surface area contributed by atoms with Crippen LogP contribution in [-0.4, -0.2) is 37.3 Å². The zero-order valence-corrected chi connectivity index (χ0v) is 17.2. The van der Waals surface area contributed by atoms with E-state index in [1.807, 2.05) is 57.2 Å². The van der Waals surface area contributed by atoms with Crippen LogP contribution in [0, 0.1) is 0 Å². The normalized spacial score (nSPS) is 16.6. The first-order valence-corrected chi connectivity index (χ1v) is 10.1. The molecule has 0 aliphatic carbocycles. The molecule has 7 nitrogen and oxygen atoms in total. The van der Waals surface area contributed by atoms with E-state index in [2.05, 4.69) is 15.0 Å². The van der Waals surface area contributed by atoms with E-state index in [0.717, 1.165) is 28.0 Å². The number of carbonyl (C=O) groups excluding carboxylic acids is 1. The summed E-state index contributed by atoms with van der Waals surface area (Å²) >= 11 is 0. The molecule has 0 fully saturated rings. The second-order valence-corrected chi connectivity index (χ2v) is 8.63. The summed E-state index contributed by atoms with van der Waals surface area (Å²) in [5.41, 5.74) is 3.26. The predicted octanol–water partition coefficient (Wildman–Crippen LogP) is 4.03. The van der Waals surface area contributed by atoms with Gasteiger partial charge in [-0.1, -0.05) is 45.0 Å². The number of hydrogen-bond donors (Lipinski definition) is 1. The molecule has 152 valence electrons. The van der Waals surface area contributed by atoms with E-state index in [9.17, 15) is 4.79 Å². The fourth-order valence-corrected chi connectivity index (χ4v) is 3.89. The van der Waals surface area contributed by atoms with Crippen molar-refractivity contribution in [2.75, 3.05) is 6.54 Å². The summed E-state index contributed by atoms with van der Waals surface area (Å²) in [6, 6.07) is 11.6. The molecule has 0 saturated carbocycles. The van der Waals surface area contributed by atoms with E-state index < -0.39 is 0 Å². The summed E-state index contributed by atoms with van der Waals surface area (Å²) in [7, 11) is 0. The lowest BCUT2D eigenvalue weighted by Crippen LogP contribution is -2.41. The number of aromatic nitrogens is 4. The fourth-order valence-electron chi connectivity index (χ4n) is 3.89. The van der Waals surface area contributed by atoms with Crippen LogP contribution in [0.25, 0.3) is 10.9 Å². The lowest BCUT2D eigenvalue weighted by atomic mass is 9.97. The summed E-state index contributed by atoms with van der Waals surface area (Å²) in [4.78, 5) is 32.1. The highest BCUT2D eigenvalue weighted by atomic mass is 16.4. The van der Waals surface area contributed by atoms with Crippen LogP contribution in [0.15, 0.2) is 53.3 Å². The number of hydrogen-bond acceptors (Lipinski definition) is 5. The maximum atomic E-state index is 13.4. The Hall–Kier alpha value is -3.48. The standard InChI is InChI=1S/C23H23N5O2/c1-23(2,3)22-24-12-18(30-22)21(29)28-11-10-16-19(26-13-25-16)20(28)17-9-8-14-6-4-5-7-15(14)27-17/h4-9,12-13,20H,10-11H2,1-3H3,(H,25,26)/t20-/m1/s1. The second kappa shape index (κ2) is 6.79. The number of amides is 1. The first kappa shape index (κ1) is 18.5. The van der Waals surface area contributed by atoms with Crippen LogP contribution in [0.5, 0.6) is 0 Å². The van der Waals surface area contributed by atoms with E-state index in [-0.39, 0.29) is 23.1 Å². The van der Waals surface area contributed by atoms with Crippen molar-refractivity contribution in [1.29, 1.82) is 0 Å². The first-order valence-electron chi connectivity index (χ1n) is 10.1. The summed E-state index contributed by atoms with van der Waals surface area (Å²) in [5, 5.41) is 1.06. The van der Waals surface area contributed by atoms with Gasteiger partial charge in [-0.15, -0.1) is 0 Å². The number of para-hydroxylation sites is 1. The smallest absolute Gasteiger partial charge is 0.292 e. The minimum Gasteiger partial charge on any atom is -0.435 e. The van der Waals surface area contributed by atoms with Gasteiger partial charge in [0.2, 0.25) is 11.7 Å². The maximum Gasteiger partial charge on any atom is 0.292 e. The molecule has 5 rings (SSSR count). The van der Waals surface area contributed by atoms with Crippen molar-refractivity contribution in [1.82, 2.24) is 24.8 Å². The molecule has 1 aromatic carbocycles. The quantitative estimate of drug-likeness (QED) is 0.548. The van der Waals surface area contributed by atoms with Crippen molar-refractivity contribution in [3.8, 4) is 0 Å². The largest absolute Gasteiger partial charge is 0.435 e. The molecule has 1 N–H and O–H groups in total. The zero-order valence-electron chi connectivity index (χ0n) is 17.2. The van der Waals surface area contributed by atoms with Gasteiger partial charge in [0.05, 0.1) is 29.4 Å². The summed E-state index contributed by atoms with van der Waals surface area (Å²) in [6.07, 6.45) is 3.90. The van der Waals surface area contributed by atoms with Gasteiger partial charge in [-0.25, -0.2) is 9.97 Å². The van der Waals surface area contributed by atoms with Crippen LogP contribution in [0.3, 0.4) is 0 Å². The van der Waals surface area contributed by atoms with Gasteiger partial charge >= 0.3 is 0 Å². The van der Waals surface area contributed by atoms with Crippen LogP contribution in [-0.2, 0) is 11.8 Å². The van der Waals surface area contributed by atoms with Gasteiger partial charge in [-0.05, 0) is 12.1 Å². The highest BCUT2D eigenvalue weighted by molar-refractivity contribution is 5.92. The molecule has 4 heterocycles. The van der Waals surface area contributed by atoms with E-state index >= 15 is 0 Å². The van der Waals surface area contributed by atoms with Gasteiger partial charge in [-0.3, -0.25) is 9.78 Å². The monoisotopic (exact) mass is 401 g/mol. The number of imidazole rings is 1. The first-order chi connectivity index (χ1) is 14.4. The van der Waals surface area contributed by atoms with Gasteiger partial charge in [0.1, 0.15) is 6.04 Å². The lowest BCUT2D eigenvalue weighted by molar-refractivity contribution is 0.0651. The van der Waals surface area contributed by atoms with Crippen LogP contribution >= 0.6 is 0 Å². The number of benzene rings is 1. The Morgan fingerprint density at radius 3 is 2.80 bits per heavy atom. The number of nitrogens with zero attached hydrogens (tertiary/aromatic N) is 4. The lowest BCUT2D eigenvalue weighted by Gasteiger charge is -2.34. The molecule has 4 aromatic rings. The van der Waals surface area contributed by atoms with E-state index in [1.165, 1.54) is 6.20 Å². The SMILES string of the molecule is CC(C)(C)c1ncc(C(=O)N2CCc3[nH]cnc3[C@H]2c2ccc3ccccc3n2)o1. The average molecular weight is 401 g/mol. The molecule has 0 spiro atoms. The molecule has 1 atom stereocenters. The van der Waals surface area contributed by atoms with Gasteiger partial charge < -0.3 is 14.3 Å². The van der Waals surface area contributed by atoms with Gasteiger partial charge in [0.15, 0.2) is 0 Å². The predicted molar refractivity (Wildman–Crippen MR) is 112 cm³/mol. The molecule has 0 radical (unpaired) electrons. The molecular formula is C23H23N5O2. The molecule has 7 heteroatoms. The molecular weight excluding hydrogens is 378 g/mol. The van der Waals surface area contributed by atoms with Crippen molar-refractivity contribution in [3.63, 3.8) is 0 Å². The number of fused-ring (bicyclic) bond motifs is 2. The van der Waals surface area contributed by atoms with Crippen molar-refractivity contribution >= 4 is 16.8 Å². The van der Waals surface area contributed by atoms with Gasteiger partial charge in [0, 0.05) is 29.5 Å². The van der Waals surface area contributed by atoms with E-state index in [4.69, 9.17) is 9.40 Å². The number of nitrogens with one attached hydrogen (secondary N) is 1. The molecule has 1 aliphatic heterocycles. The third-order valence-corrected chi connectivity index (χ3v) is 5.44. The molecule has 0 unspecified atom stereocenters. The summed E-state index contributed by atoms with van der Waals surface area (Å²) in [6.45, 7) is 6.56. The Kier molecular flexibility index (Phi) is 4.20. The molecule has 3 aromatic heterocycles. The molecule has 30 heavy (non-hydrogen) atoms. The van der Waals surface area contributed by atoms with Crippen LogP contribution in [0.4, 0.5) is 0 Å². The van der Waals surface area contributed by atoms with Crippen molar-refractivity contribution in [3.05, 3.63) is 77.7 Å². The number of H-pyrrole nitrogens is 1. The third kappa shape index (κ3) is 3.07. The van der Waals surface area contributed by atoms with Crippen molar-refractivity contribution in [2.45, 2.75) is 38.6 Å². The van der Waals surface area contributed by atoms with Gasteiger partial charge in [-0.2, -0.15) is 0 Å². The van der Waals surface area contributed by atoms with Crippen molar-refractivity contribution < 1.29 is 9.21 Å². The molecule has 0 bridgehead atoms. The number of rotatable bonds is 2. The Labute approximate surface area is 174 Å². The summed E-state index contributed by atoms with van der Waals surface area (Å²) in [5.74, 6) is 0.583. The second-order valence-electron chi connectivity index (χ2n) is 8.63. The minimum atomic E-state index is -0.389. The zero-order chi connectivity index (χ0) is 20.9.